The summed E-state index contributed by atoms with van der Waals surface area (Å²) < 4.78 is 18.8. The van der Waals surface area contributed by atoms with Crippen molar-refractivity contribution in [2.75, 3.05) is 0 Å². The van der Waals surface area contributed by atoms with Gasteiger partial charge in [-0.15, -0.1) is 0 Å². The lowest BCUT2D eigenvalue weighted by atomic mass is 10.0. The van der Waals surface area contributed by atoms with Crippen LogP contribution >= 0.6 is 0 Å². The molecule has 0 unspecified atom stereocenters. The van der Waals surface area contributed by atoms with Gasteiger partial charge in [0.15, 0.2) is 0 Å². The fourth-order valence-electron chi connectivity index (χ4n) is 3.57. The Bertz CT molecular complexity index is 1640. The van der Waals surface area contributed by atoms with E-state index in [9.17, 15) is 28.4 Å². The van der Waals surface area contributed by atoms with Gasteiger partial charge in [-0.3, -0.25) is 18.9 Å². The molecular weight excluding hydrogens is 503 g/mol. The van der Waals surface area contributed by atoms with Gasteiger partial charge in [0.1, 0.15) is 23.2 Å². The van der Waals surface area contributed by atoms with Crippen LogP contribution in [0.1, 0.15) is 54.1 Å². The van der Waals surface area contributed by atoms with E-state index < -0.39 is 52.8 Å². The number of amides is 3. The quantitative estimate of drug-likeness (QED) is 0.257. The highest BCUT2D eigenvalue weighted by atomic mass is 19.1. The van der Waals surface area contributed by atoms with Crippen molar-refractivity contribution in [1.82, 2.24) is 25.2 Å². The third-order valence-corrected chi connectivity index (χ3v) is 5.51. The SMILES string of the molecule is Cc1cc(CNC(=O)c2cc(C(=O)N[C@@H](C(N)=O)c3ccc(C(=O)O)cc3)nc3noc(=O)n23)ccc1F. The van der Waals surface area contributed by atoms with E-state index >= 15 is 0 Å². The minimum atomic E-state index is -1.37. The number of carbonyl (C=O) groups excluding carboxylic acids is 3. The molecule has 2 aromatic heterocycles. The second-order valence-corrected chi connectivity index (χ2v) is 8.11. The van der Waals surface area contributed by atoms with Crippen molar-refractivity contribution >= 4 is 29.5 Å². The second kappa shape index (κ2) is 10.3. The number of fused-ring (bicyclic) bond motifs is 1. The van der Waals surface area contributed by atoms with Gasteiger partial charge in [0.2, 0.25) is 5.91 Å². The summed E-state index contributed by atoms with van der Waals surface area (Å²) in [4.78, 5) is 65.1. The standard InChI is InChI=1S/C24H19FN6O7/c1-11-8-12(2-7-15(11)25)10-27-21(34)17-9-16(28-23-30-38-24(37)31(17)23)20(33)29-18(19(26)32)13-3-5-14(6-4-13)22(35)36/h2-9,18H,10H2,1H3,(H2,26,32)(H,27,34)(H,29,33)(H,35,36)/t18-/m1/s1. The second-order valence-electron chi connectivity index (χ2n) is 8.11. The Morgan fingerprint density at radius 2 is 1.82 bits per heavy atom. The van der Waals surface area contributed by atoms with Crippen LogP contribution in [-0.4, -0.2) is 43.3 Å². The number of carbonyl (C=O) groups is 4. The average molecular weight is 522 g/mol. The molecule has 0 aliphatic rings. The number of carboxylic acids is 1. The first-order valence-corrected chi connectivity index (χ1v) is 10.9. The van der Waals surface area contributed by atoms with Crippen LogP contribution in [0.5, 0.6) is 0 Å². The van der Waals surface area contributed by atoms with Gasteiger partial charge in [-0.25, -0.2) is 23.4 Å². The molecule has 0 aliphatic carbocycles. The van der Waals surface area contributed by atoms with Crippen molar-refractivity contribution in [2.24, 2.45) is 5.73 Å². The van der Waals surface area contributed by atoms with E-state index in [-0.39, 0.29) is 23.4 Å². The monoisotopic (exact) mass is 522 g/mol. The van der Waals surface area contributed by atoms with Crippen LogP contribution in [0.2, 0.25) is 0 Å². The Morgan fingerprint density at radius 3 is 2.45 bits per heavy atom. The van der Waals surface area contributed by atoms with E-state index in [2.05, 4.69) is 25.3 Å². The van der Waals surface area contributed by atoms with Gasteiger partial charge in [-0.1, -0.05) is 24.3 Å². The van der Waals surface area contributed by atoms with Crippen LogP contribution in [0.3, 0.4) is 0 Å². The Hall–Kier alpha value is -5.40. The number of hydrogen-bond donors (Lipinski definition) is 4. The Morgan fingerprint density at radius 1 is 1.11 bits per heavy atom. The molecule has 0 radical (unpaired) electrons. The number of benzene rings is 2. The molecule has 14 heteroatoms. The summed E-state index contributed by atoms with van der Waals surface area (Å²) in [6.45, 7) is 1.54. The fraction of sp³-hybridized carbons (Fsp3) is 0.125. The molecule has 194 valence electrons. The van der Waals surface area contributed by atoms with Crippen molar-refractivity contribution in [3.8, 4) is 0 Å². The summed E-state index contributed by atoms with van der Waals surface area (Å²) in [5, 5.41) is 17.4. The van der Waals surface area contributed by atoms with Gasteiger partial charge in [-0.2, -0.15) is 0 Å². The molecule has 5 N–H and O–H groups in total. The minimum Gasteiger partial charge on any atom is -0.478 e. The molecular formula is C24H19FN6O7. The van der Waals surface area contributed by atoms with Crippen LogP contribution in [0.25, 0.3) is 5.78 Å². The summed E-state index contributed by atoms with van der Waals surface area (Å²) in [5.41, 5.74) is 5.80. The van der Waals surface area contributed by atoms with E-state index in [0.29, 0.717) is 11.1 Å². The normalized spacial score (nSPS) is 11.6. The lowest BCUT2D eigenvalue weighted by Crippen LogP contribution is -2.38. The maximum absolute atomic E-state index is 13.5. The molecule has 0 saturated carbocycles. The highest BCUT2D eigenvalue weighted by Gasteiger charge is 2.25. The lowest BCUT2D eigenvalue weighted by molar-refractivity contribution is -0.120. The summed E-state index contributed by atoms with van der Waals surface area (Å²) in [5.74, 6) is -5.71. The first-order chi connectivity index (χ1) is 18.0. The zero-order valence-electron chi connectivity index (χ0n) is 19.6. The first kappa shape index (κ1) is 25.7. The molecule has 2 heterocycles. The number of nitrogens with two attached hydrogens (primary N) is 1. The molecule has 4 aromatic rings. The van der Waals surface area contributed by atoms with Gasteiger partial charge < -0.3 is 21.5 Å². The van der Waals surface area contributed by atoms with Crippen molar-refractivity contribution < 1.29 is 33.2 Å². The molecule has 0 saturated heterocycles. The number of aromatic carboxylic acids is 1. The number of aromatic nitrogens is 3. The summed E-state index contributed by atoms with van der Waals surface area (Å²) in [7, 11) is 0. The smallest absolute Gasteiger partial charge is 0.448 e. The number of rotatable bonds is 8. The van der Waals surface area contributed by atoms with Gasteiger partial charge in [0.05, 0.1) is 5.56 Å². The van der Waals surface area contributed by atoms with Crippen molar-refractivity contribution in [2.45, 2.75) is 19.5 Å². The predicted octanol–water partition coefficient (Wildman–Crippen LogP) is 0.715. The summed E-state index contributed by atoms with van der Waals surface area (Å²) in [6, 6.07) is 8.97. The highest BCUT2D eigenvalue weighted by molar-refractivity contribution is 6.00. The zero-order valence-corrected chi connectivity index (χ0v) is 19.6. The van der Waals surface area contributed by atoms with Gasteiger partial charge in [0, 0.05) is 6.54 Å². The Kier molecular flexibility index (Phi) is 6.96. The summed E-state index contributed by atoms with van der Waals surface area (Å²) in [6.07, 6.45) is 0. The third-order valence-electron chi connectivity index (χ3n) is 5.51. The predicted molar refractivity (Wildman–Crippen MR) is 127 cm³/mol. The van der Waals surface area contributed by atoms with E-state index in [1.54, 1.807) is 6.92 Å². The number of carboxylic acid groups (broad SMARTS) is 1. The van der Waals surface area contributed by atoms with E-state index in [1.807, 2.05) is 0 Å². The summed E-state index contributed by atoms with van der Waals surface area (Å²) >= 11 is 0. The Labute approximate surface area is 212 Å². The lowest BCUT2D eigenvalue weighted by Gasteiger charge is -2.16. The molecule has 3 amide bonds. The fourth-order valence-corrected chi connectivity index (χ4v) is 3.57. The molecule has 4 rings (SSSR count). The van der Waals surface area contributed by atoms with Crippen molar-refractivity contribution in [1.29, 1.82) is 0 Å². The van der Waals surface area contributed by atoms with E-state index in [0.717, 1.165) is 10.5 Å². The molecule has 0 bridgehead atoms. The topological polar surface area (TPSA) is 199 Å². The molecule has 38 heavy (non-hydrogen) atoms. The largest absolute Gasteiger partial charge is 0.478 e. The number of aryl methyl sites for hydroxylation is 1. The van der Waals surface area contributed by atoms with Crippen LogP contribution in [0, 0.1) is 12.7 Å². The number of primary amides is 1. The van der Waals surface area contributed by atoms with E-state index in [4.69, 9.17) is 10.8 Å². The molecule has 2 aromatic carbocycles. The number of nitrogens with zero attached hydrogens (tertiary/aromatic N) is 3. The molecule has 13 nitrogen and oxygen atoms in total. The van der Waals surface area contributed by atoms with Gasteiger partial charge >= 0.3 is 11.7 Å². The molecule has 0 fully saturated rings. The van der Waals surface area contributed by atoms with Crippen molar-refractivity contribution in [3.05, 3.63) is 98.5 Å². The number of hydrogen-bond acceptors (Lipinski definition) is 8. The van der Waals surface area contributed by atoms with Crippen LogP contribution in [0.15, 0.2) is 57.8 Å². The zero-order chi connectivity index (χ0) is 27.6. The highest BCUT2D eigenvalue weighted by Crippen LogP contribution is 2.16. The van der Waals surface area contributed by atoms with Crippen molar-refractivity contribution in [3.63, 3.8) is 0 Å². The molecule has 1 atom stereocenters. The third kappa shape index (κ3) is 5.23. The molecule has 0 aliphatic heterocycles. The number of halogens is 1. The van der Waals surface area contributed by atoms with Gasteiger partial charge in [-0.05, 0) is 53.0 Å². The molecule has 0 spiro atoms. The minimum absolute atomic E-state index is 0.0264. The van der Waals surface area contributed by atoms with Gasteiger partial charge in [0.25, 0.3) is 17.6 Å². The van der Waals surface area contributed by atoms with Crippen LogP contribution in [0.4, 0.5) is 4.39 Å². The first-order valence-electron chi connectivity index (χ1n) is 10.9. The average Bonchev–Trinajstić information content (AvgIpc) is 3.27. The number of nitrogens with one attached hydrogen (secondary N) is 2. The Balaban J connectivity index is 1.62. The van der Waals surface area contributed by atoms with Crippen LogP contribution in [-0.2, 0) is 11.3 Å². The maximum atomic E-state index is 13.5. The maximum Gasteiger partial charge on any atom is 0.448 e. The van der Waals surface area contributed by atoms with E-state index in [1.165, 1.54) is 42.5 Å². The van der Waals surface area contributed by atoms with Crippen LogP contribution < -0.4 is 22.1 Å².